The minimum Gasteiger partial charge on any atom is -0.497 e. The summed E-state index contributed by atoms with van der Waals surface area (Å²) in [5.41, 5.74) is 5.03. The number of nitrogens with zero attached hydrogens (tertiary/aromatic N) is 3. The van der Waals surface area contributed by atoms with Gasteiger partial charge in [0.25, 0.3) is 0 Å². The fourth-order valence-corrected chi connectivity index (χ4v) is 7.30. The van der Waals surface area contributed by atoms with Gasteiger partial charge in [0, 0.05) is 56.0 Å². The number of fused-ring (bicyclic) bond motifs is 2. The number of methoxy groups -OCH3 is 2. The lowest BCUT2D eigenvalue weighted by Crippen LogP contribution is -2.51. The SMILES string of the molecule is COc1ccc(OC)c(C2C3=C(CC(C)(C)CC3=O)Nc3ccccc3N2CC(=O)N2CCN(Cc3ccc4c(c3)OCO4)CC2)c1. The number of carbonyl (C=O) groups is 2. The number of hydrogen-bond acceptors (Lipinski definition) is 9. The number of carbonyl (C=O) groups excluding carboxylic acids is 2. The van der Waals surface area contributed by atoms with Crippen LogP contribution in [0.4, 0.5) is 11.4 Å². The number of ether oxygens (including phenoxy) is 4. The van der Waals surface area contributed by atoms with E-state index in [1.54, 1.807) is 14.2 Å². The summed E-state index contributed by atoms with van der Waals surface area (Å²) in [6, 6.07) is 19.1. The van der Waals surface area contributed by atoms with Crippen molar-refractivity contribution in [1.29, 1.82) is 0 Å². The zero-order valence-electron chi connectivity index (χ0n) is 27.5. The van der Waals surface area contributed by atoms with E-state index in [1.807, 2.05) is 59.5 Å². The summed E-state index contributed by atoms with van der Waals surface area (Å²) in [5, 5.41) is 3.64. The lowest BCUT2D eigenvalue weighted by molar-refractivity contribution is -0.131. The second-order valence-electron chi connectivity index (χ2n) is 13.5. The fraction of sp³-hybridized carbons (Fsp3) is 0.405. The molecule has 4 aliphatic rings. The number of nitrogens with one attached hydrogen (secondary N) is 1. The van der Waals surface area contributed by atoms with Gasteiger partial charge in [-0.05, 0) is 59.9 Å². The molecule has 10 nitrogen and oxygen atoms in total. The van der Waals surface area contributed by atoms with E-state index in [2.05, 4.69) is 35.0 Å². The molecule has 1 unspecified atom stereocenters. The third-order valence-electron chi connectivity index (χ3n) is 9.61. The summed E-state index contributed by atoms with van der Waals surface area (Å²) in [7, 11) is 3.26. The molecule has 0 spiro atoms. The Kier molecular flexibility index (Phi) is 8.21. The molecule has 10 heteroatoms. The van der Waals surface area contributed by atoms with E-state index in [4.69, 9.17) is 18.9 Å². The van der Waals surface area contributed by atoms with E-state index in [0.717, 1.165) is 59.3 Å². The number of piperazine rings is 1. The summed E-state index contributed by atoms with van der Waals surface area (Å²) in [6.45, 7) is 8.13. The van der Waals surface area contributed by atoms with Gasteiger partial charge in [0.15, 0.2) is 17.3 Å². The quantitative estimate of drug-likeness (QED) is 0.366. The van der Waals surface area contributed by atoms with Crippen LogP contribution in [-0.4, -0.2) is 75.2 Å². The van der Waals surface area contributed by atoms with Crippen LogP contribution in [0.1, 0.15) is 43.9 Å². The Hall–Kier alpha value is -4.70. The molecule has 0 radical (unpaired) electrons. The smallest absolute Gasteiger partial charge is 0.242 e. The van der Waals surface area contributed by atoms with E-state index < -0.39 is 6.04 Å². The maximum absolute atomic E-state index is 14.2. The highest BCUT2D eigenvalue weighted by atomic mass is 16.7. The average Bonchev–Trinajstić information content (AvgIpc) is 3.48. The summed E-state index contributed by atoms with van der Waals surface area (Å²) in [5.74, 6) is 2.93. The molecule has 3 aliphatic heterocycles. The molecule has 1 amide bonds. The van der Waals surface area contributed by atoms with Crippen molar-refractivity contribution in [2.24, 2.45) is 5.41 Å². The van der Waals surface area contributed by atoms with Crippen molar-refractivity contribution in [2.75, 3.05) is 64.0 Å². The molecule has 3 aromatic rings. The summed E-state index contributed by atoms with van der Waals surface area (Å²) in [6.07, 6.45) is 1.12. The largest absolute Gasteiger partial charge is 0.497 e. The van der Waals surface area contributed by atoms with Crippen LogP contribution < -0.4 is 29.2 Å². The van der Waals surface area contributed by atoms with Crippen molar-refractivity contribution in [3.8, 4) is 23.0 Å². The molecule has 7 rings (SSSR count). The lowest BCUT2D eigenvalue weighted by atomic mass is 9.73. The zero-order chi connectivity index (χ0) is 32.7. The van der Waals surface area contributed by atoms with Crippen molar-refractivity contribution in [1.82, 2.24) is 9.80 Å². The summed E-state index contributed by atoms with van der Waals surface area (Å²) in [4.78, 5) is 34.8. The molecule has 1 aliphatic carbocycles. The highest BCUT2D eigenvalue weighted by Gasteiger charge is 2.43. The topological polar surface area (TPSA) is 92.8 Å². The third kappa shape index (κ3) is 6.10. The Balaban J connectivity index is 1.19. The van der Waals surface area contributed by atoms with Gasteiger partial charge >= 0.3 is 0 Å². The van der Waals surface area contributed by atoms with E-state index in [-0.39, 0.29) is 30.4 Å². The van der Waals surface area contributed by atoms with Crippen molar-refractivity contribution >= 4 is 23.1 Å². The molecule has 0 saturated carbocycles. The molecular formula is C37H42N4O6. The lowest BCUT2D eigenvalue weighted by Gasteiger charge is -2.40. The first kappa shape index (κ1) is 30.9. The first-order valence-electron chi connectivity index (χ1n) is 16.2. The van der Waals surface area contributed by atoms with Gasteiger partial charge in [-0.3, -0.25) is 14.5 Å². The maximum Gasteiger partial charge on any atom is 0.242 e. The molecule has 0 aromatic heterocycles. The maximum atomic E-state index is 14.2. The molecule has 47 heavy (non-hydrogen) atoms. The zero-order valence-corrected chi connectivity index (χ0v) is 27.5. The Morgan fingerprint density at radius 3 is 2.51 bits per heavy atom. The Bertz CT molecular complexity index is 1730. The monoisotopic (exact) mass is 638 g/mol. The number of allylic oxidation sites excluding steroid dienone is 1. The predicted octanol–water partition coefficient (Wildman–Crippen LogP) is 5.39. The molecule has 1 fully saturated rings. The van der Waals surface area contributed by atoms with Gasteiger partial charge in [-0.25, -0.2) is 0 Å². The Morgan fingerprint density at radius 2 is 1.72 bits per heavy atom. The second-order valence-corrected chi connectivity index (χ2v) is 13.5. The van der Waals surface area contributed by atoms with Gasteiger partial charge in [-0.15, -0.1) is 0 Å². The summed E-state index contributed by atoms with van der Waals surface area (Å²) < 4.78 is 22.5. The number of rotatable bonds is 7. The number of para-hydroxylation sites is 2. The van der Waals surface area contributed by atoms with Crippen LogP contribution in [0.25, 0.3) is 0 Å². The molecular weight excluding hydrogens is 596 g/mol. The molecule has 246 valence electrons. The van der Waals surface area contributed by atoms with Crippen LogP contribution in [0.2, 0.25) is 0 Å². The van der Waals surface area contributed by atoms with Gasteiger partial charge in [0.2, 0.25) is 12.7 Å². The number of ketones is 1. The van der Waals surface area contributed by atoms with Gasteiger partial charge in [-0.1, -0.05) is 32.0 Å². The number of anilines is 2. The summed E-state index contributed by atoms with van der Waals surface area (Å²) >= 11 is 0. The van der Waals surface area contributed by atoms with Crippen LogP contribution >= 0.6 is 0 Å². The highest BCUT2D eigenvalue weighted by Crippen LogP contribution is 2.50. The number of benzene rings is 3. The molecule has 1 N–H and O–H groups in total. The molecule has 1 saturated heterocycles. The second kappa shape index (κ2) is 12.5. The molecule has 1 atom stereocenters. The van der Waals surface area contributed by atoms with E-state index in [0.29, 0.717) is 43.0 Å². The number of hydrogen-bond donors (Lipinski definition) is 1. The predicted molar refractivity (Wildman–Crippen MR) is 179 cm³/mol. The van der Waals surface area contributed by atoms with Gasteiger partial charge in [0.1, 0.15) is 11.5 Å². The fourth-order valence-electron chi connectivity index (χ4n) is 7.30. The number of amides is 1. The van der Waals surface area contributed by atoms with Gasteiger partial charge < -0.3 is 34.1 Å². The minimum atomic E-state index is -0.564. The standard InChI is InChI=1S/C37H42N4O6/c1-37(2)19-28-35(30(42)20-37)36(26-18-25(44-3)10-12-31(26)45-4)41(29-8-6-5-7-27(29)38-28)22-34(43)40-15-13-39(14-16-40)21-24-9-11-32-33(17-24)47-23-46-32/h5-12,17-18,36,38H,13-16,19-23H2,1-4H3. The van der Waals surface area contributed by atoms with E-state index in [1.165, 1.54) is 0 Å². The normalized spacial score (nSPS) is 20.3. The third-order valence-corrected chi connectivity index (χ3v) is 9.61. The van der Waals surface area contributed by atoms with E-state index in [9.17, 15) is 9.59 Å². The van der Waals surface area contributed by atoms with E-state index >= 15 is 0 Å². The van der Waals surface area contributed by atoms with Gasteiger partial charge in [-0.2, -0.15) is 0 Å². The van der Waals surface area contributed by atoms with Crippen LogP contribution in [0.3, 0.4) is 0 Å². The molecule has 3 heterocycles. The Labute approximate surface area is 275 Å². The minimum absolute atomic E-state index is 0.0158. The average molecular weight is 639 g/mol. The van der Waals surface area contributed by atoms with Crippen molar-refractivity contribution in [3.05, 3.63) is 83.1 Å². The first-order chi connectivity index (χ1) is 22.7. The van der Waals surface area contributed by atoms with Gasteiger partial charge in [0.05, 0.1) is 38.2 Å². The Morgan fingerprint density at radius 1 is 0.936 bits per heavy atom. The van der Waals surface area contributed by atoms with Crippen molar-refractivity contribution in [3.63, 3.8) is 0 Å². The van der Waals surface area contributed by atoms with Crippen LogP contribution in [0.15, 0.2) is 71.9 Å². The van der Waals surface area contributed by atoms with Crippen LogP contribution in [0, 0.1) is 5.41 Å². The first-order valence-corrected chi connectivity index (χ1v) is 16.2. The highest BCUT2D eigenvalue weighted by molar-refractivity contribution is 6.02. The van der Waals surface area contributed by atoms with Crippen molar-refractivity contribution < 1.29 is 28.5 Å². The molecule has 0 bridgehead atoms. The number of Topliss-reactive ketones (excluding diaryl/α,β-unsaturated/α-hetero) is 1. The van der Waals surface area contributed by atoms with Crippen LogP contribution in [0.5, 0.6) is 23.0 Å². The van der Waals surface area contributed by atoms with Crippen LogP contribution in [-0.2, 0) is 16.1 Å². The van der Waals surface area contributed by atoms with Crippen molar-refractivity contribution in [2.45, 2.75) is 39.3 Å². The molecule has 3 aromatic carbocycles.